The summed E-state index contributed by atoms with van der Waals surface area (Å²) in [6.07, 6.45) is -6.24. The summed E-state index contributed by atoms with van der Waals surface area (Å²) in [7, 11) is 0. The molecular formula is C43H67N9O17S. The number of carbonyl (C=O) groups is 5. The number of fused-ring (bicyclic) bond motifs is 1. The number of benzene rings is 1. The number of hydrogen-bond acceptors (Lipinski definition) is 20. The molecule has 4 heterocycles. The summed E-state index contributed by atoms with van der Waals surface area (Å²) in [6, 6.07) is 3.20. The Labute approximate surface area is 408 Å². The van der Waals surface area contributed by atoms with Crippen LogP contribution in [0.4, 0.5) is 15.3 Å². The van der Waals surface area contributed by atoms with Crippen LogP contribution in [0.3, 0.4) is 0 Å². The van der Waals surface area contributed by atoms with Gasteiger partial charge in [-0.05, 0) is 30.9 Å². The Morgan fingerprint density at radius 2 is 1.57 bits per heavy atom. The van der Waals surface area contributed by atoms with Crippen molar-refractivity contribution in [2.75, 3.05) is 97.4 Å². The molecule has 11 N–H and O–H groups in total. The molecule has 0 saturated carbocycles. The van der Waals surface area contributed by atoms with Crippen LogP contribution in [0.25, 0.3) is 0 Å². The number of urea groups is 1. The van der Waals surface area contributed by atoms with Gasteiger partial charge in [0.2, 0.25) is 12.2 Å². The van der Waals surface area contributed by atoms with Crippen LogP contribution in [-0.4, -0.2) is 242 Å². The van der Waals surface area contributed by atoms with E-state index in [1.165, 1.54) is 12.1 Å². The summed E-state index contributed by atoms with van der Waals surface area (Å²) < 4.78 is 16.1. The summed E-state index contributed by atoms with van der Waals surface area (Å²) in [4.78, 5) is 80.5. The number of carboxylic acids is 2. The number of aliphatic hydroxyl groups excluding tert-OH is 5. The van der Waals surface area contributed by atoms with Gasteiger partial charge in [-0.25, -0.2) is 9.59 Å². The number of carboxylic acid groups (broad SMARTS) is 2. The van der Waals surface area contributed by atoms with Gasteiger partial charge >= 0.3 is 29.8 Å². The van der Waals surface area contributed by atoms with Crippen LogP contribution in [0.5, 0.6) is 5.75 Å². The van der Waals surface area contributed by atoms with Gasteiger partial charge in [0.05, 0.1) is 49.0 Å². The normalized spacial score (nSPS) is 27.2. The van der Waals surface area contributed by atoms with Gasteiger partial charge in [0, 0.05) is 95.0 Å². The first kappa shape index (κ1) is 55.8. The lowest BCUT2D eigenvalue weighted by Gasteiger charge is -2.39. The van der Waals surface area contributed by atoms with E-state index < -0.39 is 78.6 Å². The molecule has 1 aromatic rings. The van der Waals surface area contributed by atoms with Gasteiger partial charge < -0.3 is 71.2 Å². The first-order chi connectivity index (χ1) is 33.4. The number of nitro groups is 1. The van der Waals surface area contributed by atoms with Gasteiger partial charge in [-0.1, -0.05) is 19.1 Å². The molecule has 0 bridgehead atoms. The second-order valence-corrected chi connectivity index (χ2v) is 19.0. The van der Waals surface area contributed by atoms with Gasteiger partial charge in [-0.3, -0.25) is 44.1 Å². The topological polar surface area (TPSA) is 359 Å². The number of hydrogen-bond donors (Lipinski definition) is 11. The second-order valence-electron chi connectivity index (χ2n) is 17.7. The quantitative estimate of drug-likeness (QED) is 0.0187. The zero-order chi connectivity index (χ0) is 50.9. The highest BCUT2D eigenvalue weighted by Gasteiger charge is 2.45. The van der Waals surface area contributed by atoms with Gasteiger partial charge in [0.25, 0.3) is 0 Å². The molecule has 4 aliphatic heterocycles. The maximum Gasteiger partial charge on any atom is 0.407 e. The third-order valence-electron chi connectivity index (χ3n) is 12.5. The van der Waals surface area contributed by atoms with Gasteiger partial charge in [0.1, 0.15) is 31.0 Å². The van der Waals surface area contributed by atoms with Gasteiger partial charge in [-0.15, -0.1) is 0 Å². The average molecular weight is 1010 g/mol. The van der Waals surface area contributed by atoms with Crippen molar-refractivity contribution in [1.29, 1.82) is 0 Å². The number of nitrogens with zero attached hydrogens (tertiary/aromatic N) is 5. The van der Waals surface area contributed by atoms with Crippen molar-refractivity contribution in [2.45, 2.75) is 92.8 Å². The molecule has 1 aromatic carbocycles. The number of aliphatic carboxylic acids is 2. The monoisotopic (exact) mass is 1010 g/mol. The Morgan fingerprint density at radius 1 is 0.886 bits per heavy atom. The smallest absolute Gasteiger partial charge is 0.407 e. The summed E-state index contributed by atoms with van der Waals surface area (Å²) in [5, 5.41) is 93.5. The molecule has 392 valence electrons. The maximum absolute atomic E-state index is 13.1. The summed E-state index contributed by atoms with van der Waals surface area (Å²) in [5.74, 6) is -1.92. The fourth-order valence-corrected chi connectivity index (χ4v) is 10.4. The predicted molar refractivity (Wildman–Crippen MR) is 249 cm³/mol. The Kier molecular flexibility index (Phi) is 21.9. The molecule has 4 saturated heterocycles. The van der Waals surface area contributed by atoms with Crippen molar-refractivity contribution >= 4 is 47.4 Å². The molecule has 4 fully saturated rings. The number of amides is 4. The van der Waals surface area contributed by atoms with Crippen LogP contribution in [0.1, 0.15) is 37.7 Å². The number of unbranched alkanes of at least 4 members (excludes halogenated alkanes) is 1. The van der Waals surface area contributed by atoms with Crippen LogP contribution in [0, 0.1) is 10.1 Å². The number of alkyl carbamates (subject to hydrolysis) is 1. The summed E-state index contributed by atoms with van der Waals surface area (Å²) >= 11 is 1.81. The van der Waals surface area contributed by atoms with Crippen molar-refractivity contribution < 1.29 is 78.9 Å². The fourth-order valence-electron chi connectivity index (χ4n) is 8.84. The third kappa shape index (κ3) is 17.3. The zero-order valence-electron chi connectivity index (χ0n) is 38.8. The van der Waals surface area contributed by atoms with E-state index >= 15 is 0 Å². The molecule has 70 heavy (non-hydrogen) atoms. The predicted octanol–water partition coefficient (Wildman–Crippen LogP) is -1.94. The van der Waals surface area contributed by atoms with Gasteiger partial charge in [0.15, 0.2) is 5.75 Å². The van der Waals surface area contributed by atoms with E-state index in [4.69, 9.17) is 14.2 Å². The van der Waals surface area contributed by atoms with Crippen molar-refractivity contribution in [1.82, 2.24) is 40.9 Å². The number of nitrogens with one attached hydrogen (secondary N) is 4. The van der Waals surface area contributed by atoms with Crippen LogP contribution in [0.15, 0.2) is 30.5 Å². The van der Waals surface area contributed by atoms with E-state index in [9.17, 15) is 69.8 Å². The highest BCUT2D eigenvalue weighted by molar-refractivity contribution is 8.00. The standard InChI is InChI=1S/C43H67N9O17S/c1-26(54)19-48-12-13-49(21-35(56)57)16-17-51(11-10-45-43(64)67-24-27-6-7-31(30(18-27)52(65)66)68-41-40(62)39(61)38(60)32(23-53)69-41)28(20-50(15-14-48)22-36(58)59)8-9-44-34(55)5-3-2-4-33-37-29(25-70-33)46-42(63)47-37/h6-7,18,28-29,32-33,37-41,53-54,60-62H,1-5,8-17,19-25H2,(H,44,55)(H,45,64)(H,56,57)(H,58,59)(H2,46,47,63). The second kappa shape index (κ2) is 27.5. The highest BCUT2D eigenvalue weighted by atomic mass is 32.2. The van der Waals surface area contributed by atoms with Gasteiger partial charge in [-0.2, -0.15) is 11.8 Å². The van der Waals surface area contributed by atoms with E-state index in [2.05, 4.69) is 27.8 Å². The lowest BCUT2D eigenvalue weighted by atomic mass is 9.99. The number of nitro benzene ring substituents is 1. The molecule has 0 radical (unpaired) electrons. The maximum atomic E-state index is 13.1. The first-order valence-corrected chi connectivity index (χ1v) is 24.3. The minimum atomic E-state index is -1.82. The highest BCUT2D eigenvalue weighted by Crippen LogP contribution is 2.34. The van der Waals surface area contributed by atoms with E-state index in [-0.39, 0.29) is 118 Å². The number of carbonyl (C=O) groups excluding carboxylic acids is 3. The van der Waals surface area contributed by atoms with Crippen LogP contribution in [0.2, 0.25) is 0 Å². The minimum absolute atomic E-state index is 0.00140. The molecule has 27 heteroatoms. The molecular weight excluding hydrogens is 947 g/mol. The zero-order valence-corrected chi connectivity index (χ0v) is 39.7. The number of aliphatic hydroxyl groups is 5. The van der Waals surface area contributed by atoms with Crippen molar-refractivity contribution in [2.24, 2.45) is 0 Å². The lowest BCUT2D eigenvalue weighted by Crippen LogP contribution is -2.60. The molecule has 0 spiro atoms. The Morgan fingerprint density at radius 3 is 2.26 bits per heavy atom. The van der Waals surface area contributed by atoms with Crippen molar-refractivity contribution in [3.63, 3.8) is 0 Å². The van der Waals surface area contributed by atoms with Crippen LogP contribution >= 0.6 is 11.8 Å². The summed E-state index contributed by atoms with van der Waals surface area (Å²) in [6.45, 7) is 4.28. The van der Waals surface area contributed by atoms with Crippen molar-refractivity contribution in [3.05, 3.63) is 46.2 Å². The largest absolute Gasteiger partial charge is 0.512 e. The SMILES string of the molecule is C=C(O)CN1CCN(CC(=O)O)CCN(CCNC(=O)OCc2ccc(OC3OC(CO)C(O)C(O)C3O)c([N+](=O)[O-])c2)C(CCNC(=O)CCCCC2SCC3NC(=O)NC32)CN(CC(=O)O)CC1. The Bertz CT molecular complexity index is 1960. The van der Waals surface area contributed by atoms with Crippen LogP contribution < -0.4 is 26.0 Å². The minimum Gasteiger partial charge on any atom is -0.512 e. The van der Waals surface area contributed by atoms with E-state index in [1.54, 1.807) is 21.6 Å². The van der Waals surface area contributed by atoms with E-state index in [0.29, 0.717) is 32.5 Å². The summed E-state index contributed by atoms with van der Waals surface area (Å²) in [5.41, 5.74) is -0.429. The lowest BCUT2D eigenvalue weighted by molar-refractivity contribution is -0.387. The molecule has 5 rings (SSSR count). The Balaban J connectivity index is 1.22. The third-order valence-corrected chi connectivity index (χ3v) is 14.0. The van der Waals surface area contributed by atoms with Crippen molar-refractivity contribution in [3.8, 4) is 5.75 Å². The van der Waals surface area contributed by atoms with E-state index in [1.807, 2.05) is 9.80 Å². The molecule has 0 aromatic heterocycles. The fraction of sp³-hybridized carbons (Fsp3) is 0.698. The molecule has 0 aliphatic carbocycles. The molecule has 9 unspecified atom stereocenters. The Hall–Kier alpha value is -5.10. The first-order valence-electron chi connectivity index (χ1n) is 23.2. The number of rotatable bonds is 23. The number of ether oxygens (including phenoxy) is 3. The average Bonchev–Trinajstić information content (AvgIpc) is 3.86. The number of thioether (sulfide) groups is 1. The van der Waals surface area contributed by atoms with E-state index in [0.717, 1.165) is 24.7 Å². The molecule has 4 amide bonds. The molecule has 26 nitrogen and oxygen atoms in total. The molecule has 9 atom stereocenters. The molecule has 4 aliphatic rings. The van der Waals surface area contributed by atoms with Crippen LogP contribution in [-0.2, 0) is 30.5 Å².